The van der Waals surface area contributed by atoms with Crippen LogP contribution in [0.5, 0.6) is 0 Å². The minimum Gasteiger partial charge on any atom is -0.277 e. The second kappa shape index (κ2) is 6.97. The van der Waals surface area contributed by atoms with Gasteiger partial charge in [-0.15, -0.1) is 0 Å². The minimum atomic E-state index is -0.0686. The Kier molecular flexibility index (Phi) is 4.76. The summed E-state index contributed by atoms with van der Waals surface area (Å²) < 4.78 is 2.57. The van der Waals surface area contributed by atoms with E-state index in [0.717, 1.165) is 15.7 Å². The largest absolute Gasteiger partial charge is 0.277 e. The third-order valence-electron chi connectivity index (χ3n) is 3.74. The Labute approximate surface area is 148 Å². The standard InChI is InChI=1S/C18H17BrN4O/c1-3-23-17(24)15-9-4-5-10-16(15)20-18(23)22-21-12(2)13-7-6-8-14(19)11-13/h4-11H,3H2,1-2H3,(H,20,22)/b21-12-. The number of nitrogens with one attached hydrogen (secondary N) is 1. The predicted molar refractivity (Wildman–Crippen MR) is 102 cm³/mol. The number of aromatic nitrogens is 2. The highest BCUT2D eigenvalue weighted by atomic mass is 79.9. The number of halogens is 1. The molecule has 0 saturated heterocycles. The first-order valence-corrected chi connectivity index (χ1v) is 8.45. The molecule has 0 aliphatic rings. The molecule has 3 aromatic rings. The fourth-order valence-electron chi connectivity index (χ4n) is 2.46. The van der Waals surface area contributed by atoms with Crippen molar-refractivity contribution in [2.24, 2.45) is 5.10 Å². The molecule has 1 aromatic heterocycles. The van der Waals surface area contributed by atoms with E-state index in [0.29, 0.717) is 23.4 Å². The lowest BCUT2D eigenvalue weighted by molar-refractivity contribution is 0.724. The molecule has 0 spiro atoms. The number of para-hydroxylation sites is 1. The molecule has 6 heteroatoms. The molecule has 3 rings (SSSR count). The summed E-state index contributed by atoms with van der Waals surface area (Å²) in [6.07, 6.45) is 0. The quantitative estimate of drug-likeness (QED) is 0.545. The van der Waals surface area contributed by atoms with Crippen LogP contribution in [-0.2, 0) is 6.54 Å². The molecule has 1 heterocycles. The molecule has 0 bridgehead atoms. The second-order valence-electron chi connectivity index (χ2n) is 5.32. The molecular formula is C18H17BrN4O. The Morgan fingerprint density at radius 1 is 1.25 bits per heavy atom. The molecule has 0 fully saturated rings. The Morgan fingerprint density at radius 2 is 2.04 bits per heavy atom. The number of fused-ring (bicyclic) bond motifs is 1. The first-order chi connectivity index (χ1) is 11.6. The molecule has 122 valence electrons. The third kappa shape index (κ3) is 3.23. The van der Waals surface area contributed by atoms with Crippen molar-refractivity contribution >= 4 is 38.5 Å². The molecule has 0 aliphatic carbocycles. The molecule has 24 heavy (non-hydrogen) atoms. The zero-order chi connectivity index (χ0) is 17.1. The highest BCUT2D eigenvalue weighted by Crippen LogP contribution is 2.14. The predicted octanol–water partition coefficient (Wildman–Crippen LogP) is 4.02. The van der Waals surface area contributed by atoms with Crippen LogP contribution in [-0.4, -0.2) is 15.3 Å². The lowest BCUT2D eigenvalue weighted by Crippen LogP contribution is -2.23. The van der Waals surface area contributed by atoms with Gasteiger partial charge in [-0.05, 0) is 43.7 Å². The van der Waals surface area contributed by atoms with E-state index < -0.39 is 0 Å². The van der Waals surface area contributed by atoms with Crippen LogP contribution >= 0.6 is 15.9 Å². The fourth-order valence-corrected chi connectivity index (χ4v) is 2.86. The Bertz CT molecular complexity index is 978. The summed E-state index contributed by atoms with van der Waals surface area (Å²) in [5, 5.41) is 4.99. The molecule has 0 saturated carbocycles. The lowest BCUT2D eigenvalue weighted by Gasteiger charge is -2.11. The summed E-state index contributed by atoms with van der Waals surface area (Å²) in [6.45, 7) is 4.34. The topological polar surface area (TPSA) is 59.3 Å². The van der Waals surface area contributed by atoms with Crippen LogP contribution in [0.3, 0.4) is 0 Å². The zero-order valence-electron chi connectivity index (χ0n) is 13.5. The molecule has 0 atom stereocenters. The van der Waals surface area contributed by atoms with Crippen LogP contribution < -0.4 is 11.0 Å². The normalized spacial score (nSPS) is 11.7. The number of benzene rings is 2. The van der Waals surface area contributed by atoms with Gasteiger partial charge >= 0.3 is 0 Å². The number of hydrazone groups is 1. The minimum absolute atomic E-state index is 0.0686. The van der Waals surface area contributed by atoms with Crippen LogP contribution in [0.15, 0.2) is 62.9 Å². The van der Waals surface area contributed by atoms with E-state index in [-0.39, 0.29) is 5.56 Å². The monoisotopic (exact) mass is 384 g/mol. The van der Waals surface area contributed by atoms with Crippen LogP contribution in [0, 0.1) is 0 Å². The van der Waals surface area contributed by atoms with Gasteiger partial charge in [0.15, 0.2) is 0 Å². The van der Waals surface area contributed by atoms with Crippen LogP contribution in [0.4, 0.5) is 5.95 Å². The number of anilines is 1. The van der Waals surface area contributed by atoms with Gasteiger partial charge in [-0.25, -0.2) is 10.4 Å². The summed E-state index contributed by atoms with van der Waals surface area (Å²) in [4.78, 5) is 17.1. The molecular weight excluding hydrogens is 368 g/mol. The van der Waals surface area contributed by atoms with Crippen molar-refractivity contribution in [2.45, 2.75) is 20.4 Å². The van der Waals surface area contributed by atoms with E-state index in [1.54, 1.807) is 10.6 Å². The van der Waals surface area contributed by atoms with Gasteiger partial charge in [-0.2, -0.15) is 5.10 Å². The molecule has 0 radical (unpaired) electrons. The molecule has 0 aliphatic heterocycles. The number of nitrogens with zero attached hydrogens (tertiary/aromatic N) is 3. The second-order valence-corrected chi connectivity index (χ2v) is 6.24. The van der Waals surface area contributed by atoms with Gasteiger partial charge in [-0.1, -0.05) is 40.2 Å². The van der Waals surface area contributed by atoms with Gasteiger partial charge in [0.2, 0.25) is 5.95 Å². The molecule has 2 aromatic carbocycles. The molecule has 0 amide bonds. The average Bonchev–Trinajstić information content (AvgIpc) is 2.60. The third-order valence-corrected chi connectivity index (χ3v) is 4.24. The fraction of sp³-hybridized carbons (Fsp3) is 0.167. The van der Waals surface area contributed by atoms with Crippen molar-refractivity contribution < 1.29 is 0 Å². The van der Waals surface area contributed by atoms with Gasteiger partial charge in [0.05, 0.1) is 16.6 Å². The molecule has 5 nitrogen and oxygen atoms in total. The summed E-state index contributed by atoms with van der Waals surface area (Å²) in [7, 11) is 0. The average molecular weight is 385 g/mol. The van der Waals surface area contributed by atoms with Crippen molar-refractivity contribution in [3.63, 3.8) is 0 Å². The van der Waals surface area contributed by atoms with Gasteiger partial charge in [0, 0.05) is 11.0 Å². The molecule has 1 N–H and O–H groups in total. The summed E-state index contributed by atoms with van der Waals surface area (Å²) in [5.41, 5.74) is 5.32. The van der Waals surface area contributed by atoms with Gasteiger partial charge in [0.1, 0.15) is 0 Å². The van der Waals surface area contributed by atoms with E-state index in [9.17, 15) is 4.79 Å². The van der Waals surface area contributed by atoms with Gasteiger partial charge < -0.3 is 0 Å². The zero-order valence-corrected chi connectivity index (χ0v) is 15.0. The van der Waals surface area contributed by atoms with E-state index in [1.165, 1.54) is 0 Å². The first-order valence-electron chi connectivity index (χ1n) is 7.66. The molecule has 0 unspecified atom stereocenters. The highest BCUT2D eigenvalue weighted by molar-refractivity contribution is 9.10. The Hall–Kier alpha value is -2.47. The van der Waals surface area contributed by atoms with Crippen LogP contribution in [0.25, 0.3) is 10.9 Å². The van der Waals surface area contributed by atoms with Gasteiger partial charge in [-0.3, -0.25) is 9.36 Å². The summed E-state index contributed by atoms with van der Waals surface area (Å²) in [6, 6.07) is 15.2. The maximum Gasteiger partial charge on any atom is 0.262 e. The SMILES string of the molecule is CCn1c(N/N=C(/C)c2cccc(Br)c2)nc2ccccc2c1=O. The van der Waals surface area contributed by atoms with Crippen molar-refractivity contribution in [2.75, 3.05) is 5.43 Å². The number of hydrogen-bond acceptors (Lipinski definition) is 4. The smallest absolute Gasteiger partial charge is 0.262 e. The number of hydrogen-bond donors (Lipinski definition) is 1. The Morgan fingerprint density at radius 3 is 2.79 bits per heavy atom. The lowest BCUT2D eigenvalue weighted by atomic mass is 10.1. The Balaban J connectivity index is 2.00. The van der Waals surface area contributed by atoms with E-state index in [1.807, 2.05) is 56.3 Å². The highest BCUT2D eigenvalue weighted by Gasteiger charge is 2.09. The maximum absolute atomic E-state index is 12.6. The van der Waals surface area contributed by atoms with Crippen LogP contribution in [0.1, 0.15) is 19.4 Å². The van der Waals surface area contributed by atoms with Crippen molar-refractivity contribution in [3.8, 4) is 0 Å². The van der Waals surface area contributed by atoms with Crippen molar-refractivity contribution in [3.05, 3.63) is 68.9 Å². The van der Waals surface area contributed by atoms with Crippen molar-refractivity contribution in [1.82, 2.24) is 9.55 Å². The van der Waals surface area contributed by atoms with E-state index >= 15 is 0 Å². The van der Waals surface area contributed by atoms with Crippen LogP contribution in [0.2, 0.25) is 0 Å². The maximum atomic E-state index is 12.6. The van der Waals surface area contributed by atoms with Crippen molar-refractivity contribution in [1.29, 1.82) is 0 Å². The van der Waals surface area contributed by atoms with Gasteiger partial charge in [0.25, 0.3) is 5.56 Å². The summed E-state index contributed by atoms with van der Waals surface area (Å²) >= 11 is 3.45. The summed E-state index contributed by atoms with van der Waals surface area (Å²) in [5.74, 6) is 0.440. The van der Waals surface area contributed by atoms with E-state index in [4.69, 9.17) is 0 Å². The van der Waals surface area contributed by atoms with E-state index in [2.05, 4.69) is 31.4 Å². The number of rotatable bonds is 4. The first kappa shape index (κ1) is 16.4.